The Hall–Kier alpha value is -3.55. The van der Waals surface area contributed by atoms with Crippen LogP contribution in [0.5, 0.6) is 0 Å². The number of pyridine rings is 1. The van der Waals surface area contributed by atoms with Crippen molar-refractivity contribution >= 4 is 11.8 Å². The fourth-order valence-corrected chi connectivity index (χ4v) is 3.28. The molecular weight excluding hydrogens is 356 g/mol. The molecule has 0 saturated heterocycles. The van der Waals surface area contributed by atoms with Crippen molar-refractivity contribution in [2.45, 2.75) is 32.6 Å². The first-order chi connectivity index (χ1) is 13.6. The third-order valence-electron chi connectivity index (χ3n) is 4.78. The molecule has 1 aliphatic rings. The maximum absolute atomic E-state index is 12.7. The molecule has 0 fully saturated rings. The predicted molar refractivity (Wildman–Crippen MR) is 101 cm³/mol. The zero-order valence-electron chi connectivity index (χ0n) is 15.4. The van der Waals surface area contributed by atoms with Gasteiger partial charge in [0, 0.05) is 12.7 Å². The number of carbonyl (C=O) groups excluding carboxylic acids is 2. The second-order valence-corrected chi connectivity index (χ2v) is 6.68. The van der Waals surface area contributed by atoms with Crippen LogP contribution in [0.3, 0.4) is 0 Å². The van der Waals surface area contributed by atoms with Crippen molar-refractivity contribution in [3.05, 3.63) is 77.4 Å². The summed E-state index contributed by atoms with van der Waals surface area (Å²) in [5.41, 5.74) is 2.90. The Morgan fingerprint density at radius 3 is 2.71 bits per heavy atom. The quantitative estimate of drug-likeness (QED) is 0.732. The number of benzene rings is 1. The molecule has 2 amide bonds. The zero-order valence-corrected chi connectivity index (χ0v) is 15.4. The van der Waals surface area contributed by atoms with Crippen LogP contribution in [0.15, 0.2) is 54.7 Å². The molecule has 142 valence electrons. The van der Waals surface area contributed by atoms with E-state index in [0.717, 1.165) is 11.3 Å². The van der Waals surface area contributed by atoms with Crippen LogP contribution in [0.4, 0.5) is 0 Å². The van der Waals surface area contributed by atoms with Crippen molar-refractivity contribution in [3.63, 3.8) is 0 Å². The number of aromatic nitrogens is 4. The van der Waals surface area contributed by atoms with Gasteiger partial charge in [-0.2, -0.15) is 0 Å². The summed E-state index contributed by atoms with van der Waals surface area (Å²) in [5, 5.41) is 11.1. The second-order valence-electron chi connectivity index (χ2n) is 6.68. The summed E-state index contributed by atoms with van der Waals surface area (Å²) in [7, 11) is 0. The molecule has 4 rings (SSSR count). The van der Waals surface area contributed by atoms with E-state index in [4.69, 9.17) is 0 Å². The van der Waals surface area contributed by atoms with Gasteiger partial charge in [-0.3, -0.25) is 14.6 Å². The molecule has 0 aliphatic carbocycles. The smallest absolute Gasteiger partial charge is 0.270 e. The molecule has 28 heavy (non-hydrogen) atoms. The average molecular weight is 376 g/mol. The molecule has 8 nitrogen and oxygen atoms in total. The predicted octanol–water partition coefficient (Wildman–Crippen LogP) is 1.71. The summed E-state index contributed by atoms with van der Waals surface area (Å²) in [5.74, 6) is -0.270. The average Bonchev–Trinajstić information content (AvgIpc) is 3.14. The minimum atomic E-state index is -0.430. The minimum absolute atomic E-state index is 0.00493. The van der Waals surface area contributed by atoms with Crippen LogP contribution in [0.1, 0.15) is 40.4 Å². The van der Waals surface area contributed by atoms with E-state index in [2.05, 4.69) is 20.6 Å². The fourth-order valence-electron chi connectivity index (χ4n) is 3.28. The molecule has 1 unspecified atom stereocenters. The summed E-state index contributed by atoms with van der Waals surface area (Å²) in [4.78, 5) is 30.8. The van der Waals surface area contributed by atoms with Gasteiger partial charge in [0.15, 0.2) is 0 Å². The Labute approximate surface area is 162 Å². The van der Waals surface area contributed by atoms with Crippen molar-refractivity contribution in [2.75, 3.05) is 0 Å². The minimum Gasteiger partial charge on any atom is -0.345 e. The van der Waals surface area contributed by atoms with Gasteiger partial charge in [-0.25, -0.2) is 4.68 Å². The molecule has 0 radical (unpaired) electrons. The van der Waals surface area contributed by atoms with Crippen LogP contribution in [0, 0.1) is 0 Å². The van der Waals surface area contributed by atoms with E-state index < -0.39 is 6.04 Å². The summed E-state index contributed by atoms with van der Waals surface area (Å²) in [6.45, 7) is 2.97. The Kier molecular flexibility index (Phi) is 4.84. The lowest BCUT2D eigenvalue weighted by Gasteiger charge is -2.31. The van der Waals surface area contributed by atoms with E-state index in [1.807, 2.05) is 37.3 Å². The first-order valence-electron chi connectivity index (χ1n) is 9.08. The third-order valence-corrected chi connectivity index (χ3v) is 4.78. The van der Waals surface area contributed by atoms with Gasteiger partial charge in [0.1, 0.15) is 17.4 Å². The van der Waals surface area contributed by atoms with E-state index in [1.165, 1.54) is 0 Å². The fraction of sp³-hybridized carbons (Fsp3) is 0.250. The molecule has 0 bridgehead atoms. The Morgan fingerprint density at radius 1 is 1.18 bits per heavy atom. The lowest BCUT2D eigenvalue weighted by atomic mass is 10.1. The molecule has 3 heterocycles. The number of hydrogen-bond donors (Lipinski definition) is 1. The molecule has 1 aliphatic heterocycles. The highest BCUT2D eigenvalue weighted by Crippen LogP contribution is 2.24. The maximum atomic E-state index is 12.7. The van der Waals surface area contributed by atoms with Crippen LogP contribution in [-0.4, -0.2) is 36.7 Å². The number of rotatable bonds is 5. The molecule has 8 heteroatoms. The van der Waals surface area contributed by atoms with E-state index in [9.17, 15) is 9.59 Å². The first kappa shape index (κ1) is 17.8. The van der Waals surface area contributed by atoms with Gasteiger partial charge in [0.25, 0.3) is 5.91 Å². The number of nitrogens with one attached hydrogen (secondary N) is 1. The normalized spacial score (nSPS) is 16.0. The lowest BCUT2D eigenvalue weighted by Crippen LogP contribution is -2.41. The van der Waals surface area contributed by atoms with Crippen molar-refractivity contribution in [1.82, 2.24) is 30.2 Å². The van der Waals surface area contributed by atoms with Gasteiger partial charge in [0.2, 0.25) is 5.91 Å². The highest BCUT2D eigenvalue weighted by atomic mass is 16.2. The Bertz CT molecular complexity index is 986. The first-order valence-corrected chi connectivity index (χ1v) is 9.08. The molecule has 2 aromatic heterocycles. The number of nitrogens with zero attached hydrogens (tertiary/aromatic N) is 5. The van der Waals surface area contributed by atoms with Gasteiger partial charge in [-0.05, 0) is 24.6 Å². The van der Waals surface area contributed by atoms with Crippen LogP contribution < -0.4 is 5.32 Å². The largest absolute Gasteiger partial charge is 0.345 e. The lowest BCUT2D eigenvalue weighted by molar-refractivity contribution is -0.138. The summed E-state index contributed by atoms with van der Waals surface area (Å²) in [6, 6.07) is 14.6. The van der Waals surface area contributed by atoms with E-state index >= 15 is 0 Å². The molecular formula is C20H20N6O2. The Morgan fingerprint density at radius 2 is 1.96 bits per heavy atom. The zero-order chi connectivity index (χ0) is 19.5. The molecule has 1 atom stereocenters. The van der Waals surface area contributed by atoms with Gasteiger partial charge in [-0.1, -0.05) is 41.6 Å². The molecule has 1 aromatic carbocycles. The van der Waals surface area contributed by atoms with Crippen LogP contribution in [-0.2, 0) is 24.4 Å². The van der Waals surface area contributed by atoms with Gasteiger partial charge in [-0.15, -0.1) is 5.10 Å². The monoisotopic (exact) mass is 376 g/mol. The third kappa shape index (κ3) is 3.48. The van der Waals surface area contributed by atoms with Crippen LogP contribution in [0.25, 0.3) is 0 Å². The summed E-state index contributed by atoms with van der Waals surface area (Å²) >= 11 is 0. The van der Waals surface area contributed by atoms with Crippen molar-refractivity contribution in [1.29, 1.82) is 0 Å². The van der Waals surface area contributed by atoms with Crippen molar-refractivity contribution in [2.24, 2.45) is 0 Å². The van der Waals surface area contributed by atoms with Crippen molar-refractivity contribution in [3.8, 4) is 0 Å². The van der Waals surface area contributed by atoms with E-state index in [0.29, 0.717) is 24.5 Å². The van der Waals surface area contributed by atoms with Crippen LogP contribution in [0.2, 0.25) is 0 Å². The van der Waals surface area contributed by atoms with Gasteiger partial charge < -0.3 is 10.2 Å². The number of hydrogen-bond acceptors (Lipinski definition) is 5. The molecule has 3 aromatic rings. The highest BCUT2D eigenvalue weighted by molar-refractivity contribution is 5.92. The molecule has 0 spiro atoms. The van der Waals surface area contributed by atoms with E-state index in [1.54, 1.807) is 34.0 Å². The standard InChI is InChI=1S/C20H20N6O2/c1-14-20(28)25(12-15-7-3-2-4-8-15)13-18-17(23-24-26(14)18)11-22-19(27)16-9-5-6-10-21-16/h2-10,14H,11-13H2,1H3,(H,22,27). The molecule has 0 saturated carbocycles. The van der Waals surface area contributed by atoms with E-state index in [-0.39, 0.29) is 18.4 Å². The maximum Gasteiger partial charge on any atom is 0.270 e. The number of fused-ring (bicyclic) bond motifs is 1. The van der Waals surface area contributed by atoms with Crippen LogP contribution >= 0.6 is 0 Å². The molecule has 1 N–H and O–H groups in total. The summed E-state index contributed by atoms with van der Waals surface area (Å²) in [6.07, 6.45) is 1.57. The number of carbonyl (C=O) groups is 2. The highest BCUT2D eigenvalue weighted by Gasteiger charge is 2.33. The SMILES string of the molecule is CC1C(=O)N(Cc2ccccc2)Cc2c(CNC(=O)c3ccccn3)nnn21. The van der Waals surface area contributed by atoms with Gasteiger partial charge >= 0.3 is 0 Å². The number of amides is 2. The Balaban J connectivity index is 1.50. The van der Waals surface area contributed by atoms with Gasteiger partial charge in [0.05, 0.1) is 18.8 Å². The summed E-state index contributed by atoms with van der Waals surface area (Å²) < 4.78 is 1.64. The van der Waals surface area contributed by atoms with Crippen molar-refractivity contribution < 1.29 is 9.59 Å². The second kappa shape index (κ2) is 7.59. The topological polar surface area (TPSA) is 93.0 Å².